The molecule has 1 aromatic heterocycles. The smallest absolute Gasteiger partial charge is 0.251 e. The Labute approximate surface area is 113 Å². The number of hydrogen-bond donors (Lipinski definition) is 1. The fraction of sp³-hybridized carbons (Fsp3) is 0.188. The summed E-state index contributed by atoms with van der Waals surface area (Å²) in [6, 6.07) is 13.1. The highest BCUT2D eigenvalue weighted by molar-refractivity contribution is 5.94. The third-order valence-corrected chi connectivity index (χ3v) is 2.95. The van der Waals surface area contributed by atoms with E-state index in [4.69, 9.17) is 0 Å². The monoisotopic (exact) mass is 253 g/mol. The predicted octanol–water partition coefficient (Wildman–Crippen LogP) is 2.80. The van der Waals surface area contributed by atoms with E-state index < -0.39 is 0 Å². The molecule has 0 aliphatic carbocycles. The molecule has 1 radical (unpaired) electrons. The topological polar surface area (TPSA) is 42.0 Å². The standard InChI is InChI=1S/C16H17N2O/c1-12-6-5-7-14(10-12)16(19)18-11-13(2)15-8-3-4-9-17-15/h3-10,13H,1,11H2,2H3,(H,18,19). The van der Waals surface area contributed by atoms with Crippen molar-refractivity contribution >= 4 is 5.91 Å². The van der Waals surface area contributed by atoms with Crippen LogP contribution in [0.5, 0.6) is 0 Å². The molecule has 1 atom stereocenters. The van der Waals surface area contributed by atoms with Gasteiger partial charge in [0.15, 0.2) is 0 Å². The molecular formula is C16H17N2O. The predicted molar refractivity (Wildman–Crippen MR) is 75.9 cm³/mol. The summed E-state index contributed by atoms with van der Waals surface area (Å²) in [6.45, 7) is 6.43. The minimum absolute atomic E-state index is 0.0757. The first kappa shape index (κ1) is 13.3. The van der Waals surface area contributed by atoms with Gasteiger partial charge in [-0.1, -0.05) is 25.1 Å². The summed E-state index contributed by atoms with van der Waals surface area (Å²) in [5, 5.41) is 2.92. The van der Waals surface area contributed by atoms with Crippen molar-refractivity contribution in [1.82, 2.24) is 10.3 Å². The minimum Gasteiger partial charge on any atom is -0.351 e. The summed E-state index contributed by atoms with van der Waals surface area (Å²) >= 11 is 0. The van der Waals surface area contributed by atoms with Crippen LogP contribution in [-0.4, -0.2) is 17.4 Å². The van der Waals surface area contributed by atoms with E-state index in [0.717, 1.165) is 11.3 Å². The van der Waals surface area contributed by atoms with E-state index in [1.54, 1.807) is 18.3 Å². The van der Waals surface area contributed by atoms with Crippen LogP contribution in [-0.2, 0) is 0 Å². The van der Waals surface area contributed by atoms with Gasteiger partial charge in [-0.05, 0) is 36.8 Å². The number of nitrogens with one attached hydrogen (secondary N) is 1. The van der Waals surface area contributed by atoms with Gasteiger partial charge >= 0.3 is 0 Å². The summed E-state index contributed by atoms with van der Waals surface area (Å²) in [5.41, 5.74) is 2.46. The SMILES string of the molecule is [CH2]c1cccc(C(=O)NCC(C)c2ccccn2)c1. The van der Waals surface area contributed by atoms with Gasteiger partial charge in [0.1, 0.15) is 0 Å². The van der Waals surface area contributed by atoms with Crippen LogP contribution < -0.4 is 5.32 Å². The molecule has 0 bridgehead atoms. The van der Waals surface area contributed by atoms with E-state index in [2.05, 4.69) is 17.2 Å². The van der Waals surface area contributed by atoms with Crippen LogP contribution in [0.25, 0.3) is 0 Å². The number of nitrogens with zero attached hydrogens (tertiary/aromatic N) is 1. The van der Waals surface area contributed by atoms with Gasteiger partial charge in [0.25, 0.3) is 5.91 Å². The Morgan fingerprint density at radius 3 is 2.84 bits per heavy atom. The highest BCUT2D eigenvalue weighted by Gasteiger charge is 2.10. The third-order valence-electron chi connectivity index (χ3n) is 2.95. The summed E-state index contributed by atoms with van der Waals surface area (Å²) < 4.78 is 0. The maximum atomic E-state index is 12.0. The van der Waals surface area contributed by atoms with Gasteiger partial charge in [-0.3, -0.25) is 9.78 Å². The zero-order chi connectivity index (χ0) is 13.7. The molecule has 3 nitrogen and oxygen atoms in total. The van der Waals surface area contributed by atoms with Gasteiger partial charge < -0.3 is 5.32 Å². The second kappa shape index (κ2) is 6.14. The molecule has 0 spiro atoms. The molecule has 0 saturated carbocycles. The number of pyridine rings is 1. The highest BCUT2D eigenvalue weighted by atomic mass is 16.1. The van der Waals surface area contributed by atoms with Crippen LogP contribution in [0.1, 0.15) is 34.5 Å². The number of carbonyl (C=O) groups excluding carboxylic acids is 1. The number of aromatic nitrogens is 1. The van der Waals surface area contributed by atoms with Gasteiger partial charge in [0.05, 0.1) is 0 Å². The first-order valence-electron chi connectivity index (χ1n) is 6.28. The molecule has 1 aromatic carbocycles. The summed E-state index contributed by atoms with van der Waals surface area (Å²) in [5.74, 6) is 0.112. The molecule has 97 valence electrons. The van der Waals surface area contributed by atoms with Crippen LogP contribution in [0.2, 0.25) is 0 Å². The zero-order valence-electron chi connectivity index (χ0n) is 11.0. The second-order valence-electron chi connectivity index (χ2n) is 4.57. The van der Waals surface area contributed by atoms with Gasteiger partial charge in [-0.2, -0.15) is 0 Å². The quantitative estimate of drug-likeness (QED) is 0.910. The maximum absolute atomic E-state index is 12.0. The fourth-order valence-corrected chi connectivity index (χ4v) is 1.83. The Kier molecular flexibility index (Phi) is 4.29. The van der Waals surface area contributed by atoms with Crippen molar-refractivity contribution in [2.24, 2.45) is 0 Å². The molecule has 1 amide bonds. The Balaban J connectivity index is 1.94. The molecule has 19 heavy (non-hydrogen) atoms. The lowest BCUT2D eigenvalue weighted by Gasteiger charge is -2.12. The molecule has 2 rings (SSSR count). The molecule has 1 heterocycles. The van der Waals surface area contributed by atoms with E-state index in [1.165, 1.54) is 0 Å². The van der Waals surface area contributed by atoms with Crippen LogP contribution >= 0.6 is 0 Å². The van der Waals surface area contributed by atoms with E-state index in [0.29, 0.717) is 12.1 Å². The maximum Gasteiger partial charge on any atom is 0.251 e. The Morgan fingerprint density at radius 2 is 2.16 bits per heavy atom. The van der Waals surface area contributed by atoms with Crippen molar-refractivity contribution in [2.45, 2.75) is 12.8 Å². The second-order valence-corrected chi connectivity index (χ2v) is 4.57. The van der Waals surface area contributed by atoms with Crippen LogP contribution in [0.4, 0.5) is 0 Å². The van der Waals surface area contributed by atoms with Crippen LogP contribution in [0.3, 0.4) is 0 Å². The molecule has 1 N–H and O–H groups in total. The summed E-state index contributed by atoms with van der Waals surface area (Å²) in [4.78, 5) is 16.3. The van der Waals surface area contributed by atoms with Crippen LogP contribution in [0, 0.1) is 6.92 Å². The molecule has 2 aromatic rings. The average Bonchev–Trinajstić information content (AvgIpc) is 2.45. The van der Waals surface area contributed by atoms with Gasteiger partial charge in [0, 0.05) is 29.9 Å². The summed E-state index contributed by atoms with van der Waals surface area (Å²) in [6.07, 6.45) is 1.76. The fourth-order valence-electron chi connectivity index (χ4n) is 1.83. The molecule has 1 unspecified atom stereocenters. The number of carbonyl (C=O) groups is 1. The summed E-state index contributed by atoms with van der Waals surface area (Å²) in [7, 11) is 0. The lowest BCUT2D eigenvalue weighted by atomic mass is 10.1. The number of amides is 1. The van der Waals surface area contributed by atoms with Gasteiger partial charge in [-0.15, -0.1) is 0 Å². The molecular weight excluding hydrogens is 236 g/mol. The van der Waals surface area contributed by atoms with E-state index in [9.17, 15) is 4.79 Å². The number of rotatable bonds is 4. The number of hydrogen-bond acceptors (Lipinski definition) is 2. The Morgan fingerprint density at radius 1 is 1.32 bits per heavy atom. The third kappa shape index (κ3) is 3.65. The van der Waals surface area contributed by atoms with E-state index in [-0.39, 0.29) is 11.8 Å². The van der Waals surface area contributed by atoms with Crippen molar-refractivity contribution in [3.8, 4) is 0 Å². The molecule has 0 aliphatic rings. The Hall–Kier alpha value is -2.16. The lowest BCUT2D eigenvalue weighted by molar-refractivity contribution is 0.0951. The highest BCUT2D eigenvalue weighted by Crippen LogP contribution is 2.10. The average molecular weight is 253 g/mol. The minimum atomic E-state index is -0.0757. The van der Waals surface area contributed by atoms with Crippen molar-refractivity contribution in [3.05, 3.63) is 72.4 Å². The van der Waals surface area contributed by atoms with E-state index in [1.807, 2.05) is 37.3 Å². The molecule has 0 fully saturated rings. The van der Waals surface area contributed by atoms with Crippen molar-refractivity contribution in [2.75, 3.05) is 6.54 Å². The van der Waals surface area contributed by atoms with Crippen LogP contribution in [0.15, 0.2) is 48.7 Å². The first-order valence-corrected chi connectivity index (χ1v) is 6.28. The van der Waals surface area contributed by atoms with E-state index >= 15 is 0 Å². The first-order chi connectivity index (χ1) is 9.16. The zero-order valence-corrected chi connectivity index (χ0v) is 11.0. The van der Waals surface area contributed by atoms with Gasteiger partial charge in [-0.25, -0.2) is 0 Å². The number of benzene rings is 1. The lowest BCUT2D eigenvalue weighted by Crippen LogP contribution is -2.27. The molecule has 0 aliphatic heterocycles. The van der Waals surface area contributed by atoms with Gasteiger partial charge in [0.2, 0.25) is 0 Å². The Bertz CT molecular complexity index is 552. The van der Waals surface area contributed by atoms with Crippen molar-refractivity contribution < 1.29 is 4.79 Å². The van der Waals surface area contributed by atoms with Crippen molar-refractivity contribution in [1.29, 1.82) is 0 Å². The van der Waals surface area contributed by atoms with Crippen molar-refractivity contribution in [3.63, 3.8) is 0 Å². The normalized spacial score (nSPS) is 11.9. The largest absolute Gasteiger partial charge is 0.351 e. The molecule has 3 heteroatoms. The molecule has 0 saturated heterocycles.